The van der Waals surface area contributed by atoms with E-state index < -0.39 is 24.5 Å². The molecule has 1 heterocycles. The lowest BCUT2D eigenvalue weighted by Gasteiger charge is -2.11. The van der Waals surface area contributed by atoms with E-state index in [1.807, 2.05) is 0 Å². The first kappa shape index (κ1) is 21.3. The van der Waals surface area contributed by atoms with Gasteiger partial charge in [0.05, 0.1) is 13.2 Å². The molecule has 0 spiro atoms. The number of rotatable bonds is 7. The van der Waals surface area contributed by atoms with Crippen LogP contribution in [0.15, 0.2) is 48.5 Å². The van der Waals surface area contributed by atoms with Crippen molar-refractivity contribution >= 4 is 17.8 Å². The molecule has 0 saturated heterocycles. The number of carbonyl (C=O) groups excluding carboxylic acids is 2. The SMILES string of the molecule is C[C@@H](OC(=O)/C=C/c1ccc2c(c1)OCCCO2)C(=O)c1ccc(OC(F)F)cc1. The molecular formula is C22H20F2O6. The van der Waals surface area contributed by atoms with Gasteiger partial charge in [0.1, 0.15) is 5.75 Å². The Morgan fingerprint density at radius 1 is 1.03 bits per heavy atom. The summed E-state index contributed by atoms with van der Waals surface area (Å²) in [6, 6.07) is 10.4. The maximum atomic E-state index is 12.4. The molecule has 1 aliphatic rings. The van der Waals surface area contributed by atoms with Gasteiger partial charge in [-0.05, 0) is 55.0 Å². The first-order valence-electron chi connectivity index (χ1n) is 9.30. The Kier molecular flexibility index (Phi) is 7.00. The van der Waals surface area contributed by atoms with Crippen LogP contribution in [0.2, 0.25) is 0 Å². The summed E-state index contributed by atoms with van der Waals surface area (Å²) in [6.07, 6.45) is 2.50. The van der Waals surface area contributed by atoms with E-state index in [-0.39, 0.29) is 11.3 Å². The number of esters is 1. The van der Waals surface area contributed by atoms with Crippen LogP contribution in [0.4, 0.5) is 8.78 Å². The van der Waals surface area contributed by atoms with Crippen LogP contribution in [-0.2, 0) is 9.53 Å². The number of halogens is 2. The standard InChI is InChI=1S/C22H20F2O6/c1-14(21(26)16-5-7-17(8-6-16)30-22(23)24)29-20(25)10-4-15-3-9-18-19(13-15)28-12-2-11-27-18/h3-10,13-14,22H,2,11-12H2,1H3/b10-4+/t14-/m1/s1. The summed E-state index contributed by atoms with van der Waals surface area (Å²) in [5, 5.41) is 0. The average molecular weight is 418 g/mol. The van der Waals surface area contributed by atoms with Gasteiger partial charge in [0.25, 0.3) is 0 Å². The lowest BCUT2D eigenvalue weighted by atomic mass is 10.1. The topological polar surface area (TPSA) is 71.1 Å². The predicted octanol–water partition coefficient (Wildman–Crippen LogP) is 4.28. The number of alkyl halides is 2. The molecule has 0 saturated carbocycles. The van der Waals surface area contributed by atoms with E-state index in [1.54, 1.807) is 24.3 Å². The second-order valence-corrected chi connectivity index (χ2v) is 6.44. The summed E-state index contributed by atoms with van der Waals surface area (Å²) in [7, 11) is 0. The third kappa shape index (κ3) is 5.79. The zero-order chi connectivity index (χ0) is 21.5. The molecule has 0 aromatic heterocycles. The molecular weight excluding hydrogens is 398 g/mol. The molecule has 1 atom stereocenters. The fourth-order valence-corrected chi connectivity index (χ4v) is 2.75. The summed E-state index contributed by atoms with van der Waals surface area (Å²) in [5.41, 5.74) is 0.925. The quantitative estimate of drug-likeness (QED) is 0.380. The van der Waals surface area contributed by atoms with Crippen LogP contribution in [0.5, 0.6) is 17.2 Å². The van der Waals surface area contributed by atoms with Crippen molar-refractivity contribution in [1.82, 2.24) is 0 Å². The van der Waals surface area contributed by atoms with E-state index in [4.69, 9.17) is 14.2 Å². The van der Waals surface area contributed by atoms with Crippen molar-refractivity contribution < 1.29 is 37.3 Å². The minimum atomic E-state index is -2.95. The number of ether oxygens (including phenoxy) is 4. The van der Waals surface area contributed by atoms with Gasteiger partial charge in [0.15, 0.2) is 17.6 Å². The summed E-state index contributed by atoms with van der Waals surface area (Å²) in [5.74, 6) is 0.0306. The van der Waals surface area contributed by atoms with Crippen molar-refractivity contribution in [3.63, 3.8) is 0 Å². The van der Waals surface area contributed by atoms with Crippen LogP contribution in [0.1, 0.15) is 29.3 Å². The lowest BCUT2D eigenvalue weighted by molar-refractivity contribution is -0.140. The summed E-state index contributed by atoms with van der Waals surface area (Å²) in [4.78, 5) is 24.4. The van der Waals surface area contributed by atoms with Gasteiger partial charge in [-0.15, -0.1) is 0 Å². The first-order chi connectivity index (χ1) is 14.4. The van der Waals surface area contributed by atoms with Crippen LogP contribution < -0.4 is 14.2 Å². The summed E-state index contributed by atoms with van der Waals surface area (Å²) < 4.78 is 44.9. The third-order valence-corrected chi connectivity index (χ3v) is 4.21. The Labute approximate surface area is 172 Å². The number of carbonyl (C=O) groups is 2. The Hall–Kier alpha value is -3.42. The van der Waals surface area contributed by atoms with Crippen molar-refractivity contribution in [1.29, 1.82) is 0 Å². The smallest absolute Gasteiger partial charge is 0.387 e. The number of hydrogen-bond donors (Lipinski definition) is 0. The molecule has 2 aromatic rings. The zero-order valence-corrected chi connectivity index (χ0v) is 16.2. The van der Waals surface area contributed by atoms with Crippen LogP contribution in [0.25, 0.3) is 6.08 Å². The second kappa shape index (κ2) is 9.87. The number of fused-ring (bicyclic) bond motifs is 1. The van der Waals surface area contributed by atoms with Gasteiger partial charge in [0, 0.05) is 18.1 Å². The Morgan fingerprint density at radius 2 is 1.73 bits per heavy atom. The normalized spacial score (nSPS) is 14.3. The summed E-state index contributed by atoms with van der Waals surface area (Å²) >= 11 is 0. The summed E-state index contributed by atoms with van der Waals surface area (Å²) in [6.45, 7) is -0.373. The van der Waals surface area contributed by atoms with E-state index in [0.717, 1.165) is 6.42 Å². The molecule has 6 nitrogen and oxygen atoms in total. The molecule has 3 rings (SSSR count). The monoisotopic (exact) mass is 418 g/mol. The maximum absolute atomic E-state index is 12.4. The molecule has 0 bridgehead atoms. The van der Waals surface area contributed by atoms with Crippen molar-refractivity contribution in [2.24, 2.45) is 0 Å². The van der Waals surface area contributed by atoms with Crippen molar-refractivity contribution in [2.45, 2.75) is 26.1 Å². The van der Waals surface area contributed by atoms with Gasteiger partial charge >= 0.3 is 12.6 Å². The molecule has 0 radical (unpaired) electrons. The first-order valence-corrected chi connectivity index (χ1v) is 9.30. The van der Waals surface area contributed by atoms with E-state index in [0.29, 0.717) is 30.3 Å². The lowest BCUT2D eigenvalue weighted by Crippen LogP contribution is -2.23. The predicted molar refractivity (Wildman–Crippen MR) is 104 cm³/mol. The molecule has 0 unspecified atom stereocenters. The van der Waals surface area contributed by atoms with Gasteiger partial charge in [-0.1, -0.05) is 6.07 Å². The number of hydrogen-bond acceptors (Lipinski definition) is 6. The van der Waals surface area contributed by atoms with Crippen LogP contribution in [0.3, 0.4) is 0 Å². The van der Waals surface area contributed by atoms with Crippen molar-refractivity contribution in [2.75, 3.05) is 13.2 Å². The maximum Gasteiger partial charge on any atom is 0.387 e. The molecule has 8 heteroatoms. The van der Waals surface area contributed by atoms with E-state index in [9.17, 15) is 18.4 Å². The molecule has 0 amide bonds. The third-order valence-electron chi connectivity index (χ3n) is 4.21. The van der Waals surface area contributed by atoms with E-state index in [2.05, 4.69) is 4.74 Å². The number of Topliss-reactive ketones (excluding diaryl/α,β-unsaturated/α-hetero) is 1. The minimum Gasteiger partial charge on any atom is -0.490 e. The Bertz CT molecular complexity index is 924. The zero-order valence-electron chi connectivity index (χ0n) is 16.2. The largest absolute Gasteiger partial charge is 0.490 e. The highest BCUT2D eigenvalue weighted by molar-refractivity contribution is 6.01. The van der Waals surface area contributed by atoms with E-state index in [1.165, 1.54) is 37.3 Å². The van der Waals surface area contributed by atoms with Gasteiger partial charge < -0.3 is 18.9 Å². The second-order valence-electron chi connectivity index (χ2n) is 6.44. The van der Waals surface area contributed by atoms with Gasteiger partial charge in [-0.3, -0.25) is 4.79 Å². The minimum absolute atomic E-state index is 0.0655. The molecule has 0 N–H and O–H groups in total. The Balaban J connectivity index is 1.57. The van der Waals surface area contributed by atoms with E-state index >= 15 is 0 Å². The highest BCUT2D eigenvalue weighted by Crippen LogP contribution is 2.30. The fourth-order valence-electron chi connectivity index (χ4n) is 2.75. The highest BCUT2D eigenvalue weighted by atomic mass is 19.3. The van der Waals surface area contributed by atoms with Crippen LogP contribution in [0, 0.1) is 0 Å². The van der Waals surface area contributed by atoms with Crippen LogP contribution in [-0.4, -0.2) is 37.7 Å². The number of ketones is 1. The average Bonchev–Trinajstić information content (AvgIpc) is 2.96. The van der Waals surface area contributed by atoms with Crippen molar-refractivity contribution in [3.8, 4) is 17.2 Å². The van der Waals surface area contributed by atoms with Gasteiger partial charge in [-0.2, -0.15) is 8.78 Å². The molecule has 2 aromatic carbocycles. The van der Waals surface area contributed by atoms with Gasteiger partial charge in [0.2, 0.25) is 5.78 Å². The molecule has 0 fully saturated rings. The molecule has 0 aliphatic carbocycles. The van der Waals surface area contributed by atoms with Crippen LogP contribution >= 0.6 is 0 Å². The molecule has 1 aliphatic heterocycles. The van der Waals surface area contributed by atoms with Crippen molar-refractivity contribution in [3.05, 3.63) is 59.7 Å². The van der Waals surface area contributed by atoms with Gasteiger partial charge in [-0.25, -0.2) is 4.79 Å². The highest BCUT2D eigenvalue weighted by Gasteiger charge is 2.19. The molecule has 158 valence electrons. The fraction of sp³-hybridized carbons (Fsp3) is 0.273. The molecule has 30 heavy (non-hydrogen) atoms. The Morgan fingerprint density at radius 3 is 2.43 bits per heavy atom. The number of benzene rings is 2.